The lowest BCUT2D eigenvalue weighted by molar-refractivity contribution is 0.0974. The molecule has 7 heteroatoms. The van der Waals surface area contributed by atoms with E-state index in [1.54, 1.807) is 19.1 Å². The molecule has 0 radical (unpaired) electrons. The van der Waals surface area contributed by atoms with Crippen LogP contribution in [0.25, 0.3) is 5.57 Å². The van der Waals surface area contributed by atoms with E-state index in [9.17, 15) is 18.0 Å². The number of hydrogen-bond donors (Lipinski definition) is 2. The normalized spacial score (nSPS) is 18.9. The maximum absolute atomic E-state index is 14.2. The Bertz CT molecular complexity index is 1120. The zero-order valence-corrected chi connectivity index (χ0v) is 20.3. The Hall–Kier alpha value is -3.09. The van der Waals surface area contributed by atoms with Crippen molar-refractivity contribution in [3.8, 4) is 0 Å². The van der Waals surface area contributed by atoms with Crippen molar-refractivity contribution in [3.05, 3.63) is 76.1 Å². The van der Waals surface area contributed by atoms with E-state index in [1.807, 2.05) is 19.9 Å². The Balaban J connectivity index is 1.82. The molecule has 0 fully saturated rings. The van der Waals surface area contributed by atoms with E-state index in [0.717, 1.165) is 29.7 Å². The Kier molecular flexibility index (Phi) is 8.18. The number of aliphatic imine (C=N–C) groups is 1. The molecule has 0 bridgehead atoms. The number of nitrogens with one attached hydrogen (secondary N) is 2. The SMILES string of the molecule is CC1=C(c2ccc(C)c(F)c2)CC(NC(=NCC(C)C)NC(=O)c2ccc(F)c(F)c2)C(C)C1. The molecule has 2 aromatic rings. The summed E-state index contributed by atoms with van der Waals surface area (Å²) in [5.41, 5.74) is 3.74. The highest BCUT2D eigenvalue weighted by molar-refractivity contribution is 6.05. The lowest BCUT2D eigenvalue weighted by Crippen LogP contribution is -2.49. The first-order valence-electron chi connectivity index (χ1n) is 11.6. The molecule has 0 spiro atoms. The van der Waals surface area contributed by atoms with E-state index < -0.39 is 17.5 Å². The van der Waals surface area contributed by atoms with E-state index >= 15 is 0 Å². The van der Waals surface area contributed by atoms with Gasteiger partial charge in [-0.05, 0) is 79.5 Å². The first-order chi connectivity index (χ1) is 16.0. The van der Waals surface area contributed by atoms with Gasteiger partial charge in [-0.3, -0.25) is 15.1 Å². The Morgan fingerprint density at radius 3 is 2.41 bits per heavy atom. The maximum Gasteiger partial charge on any atom is 0.258 e. The van der Waals surface area contributed by atoms with Crippen LogP contribution in [0.3, 0.4) is 0 Å². The second-order valence-corrected chi connectivity index (χ2v) is 9.53. The number of hydrogen-bond acceptors (Lipinski definition) is 2. The van der Waals surface area contributed by atoms with Gasteiger partial charge in [0.15, 0.2) is 17.6 Å². The minimum Gasteiger partial charge on any atom is -0.353 e. The van der Waals surface area contributed by atoms with Gasteiger partial charge < -0.3 is 5.32 Å². The minimum absolute atomic E-state index is 0.00111. The van der Waals surface area contributed by atoms with E-state index in [4.69, 9.17) is 0 Å². The smallest absolute Gasteiger partial charge is 0.258 e. The van der Waals surface area contributed by atoms with Crippen LogP contribution in [0.2, 0.25) is 0 Å². The highest BCUT2D eigenvalue weighted by atomic mass is 19.2. The third-order valence-electron chi connectivity index (χ3n) is 6.12. The highest BCUT2D eigenvalue weighted by Crippen LogP contribution is 2.35. The number of carbonyl (C=O) groups is 1. The molecule has 0 aromatic heterocycles. The van der Waals surface area contributed by atoms with Gasteiger partial charge in [0.25, 0.3) is 5.91 Å². The standard InChI is InChI=1S/C27H32F3N3O/c1-15(2)14-31-27(33-26(34)20-8-9-22(28)24(30)12-20)32-25-13-21(17(4)10-18(25)5)19-7-6-16(3)23(29)11-19/h6-9,11-12,15,18,25H,10,13-14H2,1-5H3,(H2,31,32,33,34). The lowest BCUT2D eigenvalue weighted by atomic mass is 9.79. The molecule has 0 saturated carbocycles. The number of nitrogens with zero attached hydrogens (tertiary/aromatic N) is 1. The number of amides is 1. The van der Waals surface area contributed by atoms with E-state index in [-0.39, 0.29) is 35.2 Å². The average molecular weight is 472 g/mol. The van der Waals surface area contributed by atoms with Crippen molar-refractivity contribution < 1.29 is 18.0 Å². The van der Waals surface area contributed by atoms with Gasteiger partial charge in [0.05, 0.1) is 0 Å². The Morgan fingerprint density at radius 1 is 1.03 bits per heavy atom. The molecule has 0 heterocycles. The molecule has 4 nitrogen and oxygen atoms in total. The number of guanidine groups is 1. The molecule has 2 unspecified atom stereocenters. The third kappa shape index (κ3) is 6.27. The van der Waals surface area contributed by atoms with Gasteiger partial charge in [-0.15, -0.1) is 0 Å². The molecule has 2 N–H and O–H groups in total. The number of allylic oxidation sites excluding steroid dienone is 1. The van der Waals surface area contributed by atoms with Gasteiger partial charge in [-0.2, -0.15) is 0 Å². The first kappa shape index (κ1) is 25.5. The zero-order valence-electron chi connectivity index (χ0n) is 20.3. The van der Waals surface area contributed by atoms with Crippen LogP contribution in [-0.2, 0) is 0 Å². The molecule has 0 aliphatic heterocycles. The predicted molar refractivity (Wildman–Crippen MR) is 130 cm³/mol. The van der Waals surface area contributed by atoms with Gasteiger partial charge in [0.1, 0.15) is 5.82 Å². The monoisotopic (exact) mass is 471 g/mol. The second kappa shape index (κ2) is 10.9. The lowest BCUT2D eigenvalue weighted by Gasteiger charge is -2.33. The number of aryl methyl sites for hydroxylation is 1. The summed E-state index contributed by atoms with van der Waals surface area (Å²) in [7, 11) is 0. The molecule has 1 amide bonds. The van der Waals surface area contributed by atoms with Crippen molar-refractivity contribution in [3.63, 3.8) is 0 Å². The van der Waals surface area contributed by atoms with E-state index in [2.05, 4.69) is 29.5 Å². The summed E-state index contributed by atoms with van der Waals surface area (Å²) in [4.78, 5) is 17.3. The number of halogens is 3. The fourth-order valence-electron chi connectivity index (χ4n) is 4.07. The van der Waals surface area contributed by atoms with Crippen LogP contribution in [0.4, 0.5) is 13.2 Å². The van der Waals surface area contributed by atoms with Crippen LogP contribution in [0.5, 0.6) is 0 Å². The Labute approximate surface area is 199 Å². The predicted octanol–water partition coefficient (Wildman–Crippen LogP) is 6.02. The van der Waals surface area contributed by atoms with Gasteiger partial charge in [0, 0.05) is 18.2 Å². The molecule has 0 saturated heterocycles. The fraction of sp³-hybridized carbons (Fsp3) is 0.407. The summed E-state index contributed by atoms with van der Waals surface area (Å²) in [5, 5.41) is 6.08. The largest absolute Gasteiger partial charge is 0.353 e. The highest BCUT2D eigenvalue weighted by Gasteiger charge is 2.28. The molecule has 1 aliphatic carbocycles. The Morgan fingerprint density at radius 2 is 1.76 bits per heavy atom. The second-order valence-electron chi connectivity index (χ2n) is 9.53. The molecular weight excluding hydrogens is 439 g/mol. The van der Waals surface area contributed by atoms with Crippen LogP contribution >= 0.6 is 0 Å². The topological polar surface area (TPSA) is 53.5 Å². The fourth-order valence-corrected chi connectivity index (χ4v) is 4.07. The van der Waals surface area contributed by atoms with Crippen molar-refractivity contribution in [2.75, 3.05) is 6.54 Å². The van der Waals surface area contributed by atoms with E-state index in [1.165, 1.54) is 11.6 Å². The summed E-state index contributed by atoms with van der Waals surface area (Å²) >= 11 is 0. The number of carbonyl (C=O) groups excluding carboxylic acids is 1. The molecule has 2 aromatic carbocycles. The molecule has 1 aliphatic rings. The summed E-state index contributed by atoms with van der Waals surface area (Å²) in [5.74, 6) is -2.13. The van der Waals surface area contributed by atoms with Gasteiger partial charge in [0.2, 0.25) is 0 Å². The van der Waals surface area contributed by atoms with Crippen LogP contribution in [0.1, 0.15) is 62.0 Å². The van der Waals surface area contributed by atoms with Crippen molar-refractivity contribution in [2.45, 2.75) is 53.5 Å². The van der Waals surface area contributed by atoms with Gasteiger partial charge in [-0.25, -0.2) is 13.2 Å². The van der Waals surface area contributed by atoms with Crippen molar-refractivity contribution >= 4 is 17.4 Å². The summed E-state index contributed by atoms with van der Waals surface area (Å²) in [6.07, 6.45) is 1.45. The summed E-state index contributed by atoms with van der Waals surface area (Å²) in [6, 6.07) is 8.24. The average Bonchev–Trinajstić information content (AvgIpc) is 2.77. The number of rotatable bonds is 5. The van der Waals surface area contributed by atoms with E-state index in [0.29, 0.717) is 18.5 Å². The third-order valence-corrected chi connectivity index (χ3v) is 6.12. The maximum atomic E-state index is 14.2. The number of benzene rings is 2. The van der Waals surface area contributed by atoms with Crippen molar-refractivity contribution in [2.24, 2.45) is 16.8 Å². The van der Waals surface area contributed by atoms with Gasteiger partial charge >= 0.3 is 0 Å². The summed E-state index contributed by atoms with van der Waals surface area (Å²) in [6.45, 7) is 10.4. The van der Waals surface area contributed by atoms with Crippen LogP contribution in [-0.4, -0.2) is 24.5 Å². The first-order valence-corrected chi connectivity index (χ1v) is 11.6. The zero-order chi connectivity index (χ0) is 25.0. The van der Waals surface area contributed by atoms with Crippen molar-refractivity contribution in [1.82, 2.24) is 10.6 Å². The quantitative estimate of drug-likeness (QED) is 0.414. The van der Waals surface area contributed by atoms with Crippen LogP contribution < -0.4 is 10.6 Å². The molecule has 2 atom stereocenters. The summed E-state index contributed by atoms with van der Waals surface area (Å²) < 4.78 is 41.1. The minimum atomic E-state index is -1.09. The molecule has 34 heavy (non-hydrogen) atoms. The van der Waals surface area contributed by atoms with Crippen molar-refractivity contribution in [1.29, 1.82) is 0 Å². The molecule has 182 valence electrons. The van der Waals surface area contributed by atoms with Crippen LogP contribution in [0, 0.1) is 36.2 Å². The molecular formula is C27H32F3N3O. The van der Waals surface area contributed by atoms with Gasteiger partial charge in [-0.1, -0.05) is 38.5 Å². The molecule has 3 rings (SSSR count). The van der Waals surface area contributed by atoms with Crippen LogP contribution in [0.15, 0.2) is 47.0 Å².